The van der Waals surface area contributed by atoms with Gasteiger partial charge in [-0.3, -0.25) is 0 Å². The van der Waals surface area contributed by atoms with Gasteiger partial charge >= 0.3 is 0 Å². The van der Waals surface area contributed by atoms with Crippen LogP contribution in [0.1, 0.15) is 45.1 Å². The average molecular weight is 280 g/mol. The van der Waals surface area contributed by atoms with Gasteiger partial charge in [0.05, 0.1) is 0 Å². The van der Waals surface area contributed by atoms with Crippen LogP contribution in [0.15, 0.2) is 24.3 Å². The summed E-state index contributed by atoms with van der Waals surface area (Å²) in [7, 11) is 0. The molecule has 1 aromatic rings. The van der Waals surface area contributed by atoms with Gasteiger partial charge in [-0.2, -0.15) is 0 Å². The second-order valence-electron chi connectivity index (χ2n) is 6.02. The number of hydrogen-bond donors (Lipinski definition) is 1. The predicted octanol–water partition coefficient (Wildman–Crippen LogP) is 4.69. The van der Waals surface area contributed by atoms with Crippen LogP contribution < -0.4 is 5.32 Å². The molecule has 1 N–H and O–H groups in total. The fraction of sp³-hybridized carbons (Fsp3) is 0.647. The number of likely N-dealkylation sites (N-methyl/N-ethyl adjacent to an activating group) is 1. The van der Waals surface area contributed by atoms with Crippen molar-refractivity contribution in [3.63, 3.8) is 0 Å². The van der Waals surface area contributed by atoms with E-state index in [0.717, 1.165) is 29.8 Å². The molecule has 0 heterocycles. The highest BCUT2D eigenvalue weighted by molar-refractivity contribution is 6.30. The molecule has 1 fully saturated rings. The van der Waals surface area contributed by atoms with Crippen LogP contribution in [0.25, 0.3) is 0 Å². The maximum atomic E-state index is 6.09. The third kappa shape index (κ3) is 4.50. The van der Waals surface area contributed by atoms with Gasteiger partial charge in [0.25, 0.3) is 0 Å². The third-order valence-electron chi connectivity index (χ3n) is 4.44. The van der Waals surface area contributed by atoms with Gasteiger partial charge in [0.15, 0.2) is 0 Å². The molecule has 0 aliphatic heterocycles. The van der Waals surface area contributed by atoms with Gasteiger partial charge in [0.2, 0.25) is 0 Å². The first kappa shape index (κ1) is 14.9. The molecule has 1 saturated carbocycles. The van der Waals surface area contributed by atoms with Gasteiger partial charge < -0.3 is 5.32 Å². The van der Waals surface area contributed by atoms with E-state index < -0.39 is 0 Å². The topological polar surface area (TPSA) is 12.0 Å². The zero-order chi connectivity index (χ0) is 13.7. The quantitative estimate of drug-likeness (QED) is 0.825. The Morgan fingerprint density at radius 2 is 2.00 bits per heavy atom. The molecular weight excluding hydrogens is 254 g/mol. The number of benzene rings is 1. The Hall–Kier alpha value is -0.530. The summed E-state index contributed by atoms with van der Waals surface area (Å²) >= 11 is 6.09. The zero-order valence-corrected chi connectivity index (χ0v) is 12.9. The van der Waals surface area contributed by atoms with Gasteiger partial charge in [-0.25, -0.2) is 0 Å². The number of rotatable bonds is 5. The van der Waals surface area contributed by atoms with Crippen molar-refractivity contribution in [2.24, 2.45) is 11.8 Å². The summed E-state index contributed by atoms with van der Waals surface area (Å²) in [4.78, 5) is 0. The second-order valence-corrected chi connectivity index (χ2v) is 6.45. The van der Waals surface area contributed by atoms with Crippen LogP contribution >= 0.6 is 11.6 Å². The molecule has 1 nitrogen and oxygen atoms in total. The smallest absolute Gasteiger partial charge is 0.0408 e. The molecule has 2 heteroatoms. The largest absolute Gasteiger partial charge is 0.314 e. The van der Waals surface area contributed by atoms with Gasteiger partial charge in [0, 0.05) is 11.1 Å². The Kier molecular flexibility index (Phi) is 5.72. The van der Waals surface area contributed by atoms with Crippen molar-refractivity contribution < 1.29 is 0 Å². The lowest BCUT2D eigenvalue weighted by molar-refractivity contribution is 0.230. The van der Waals surface area contributed by atoms with Crippen molar-refractivity contribution in [3.05, 3.63) is 34.9 Å². The minimum absolute atomic E-state index is 0.607. The van der Waals surface area contributed by atoms with Gasteiger partial charge in [-0.05, 0) is 55.3 Å². The molecule has 1 unspecified atom stereocenters. The highest BCUT2D eigenvalue weighted by Gasteiger charge is 2.25. The Labute approximate surface area is 122 Å². The monoisotopic (exact) mass is 279 g/mol. The van der Waals surface area contributed by atoms with Crippen LogP contribution in [0, 0.1) is 11.8 Å². The molecule has 0 radical (unpaired) electrons. The van der Waals surface area contributed by atoms with Crippen LogP contribution in [0.4, 0.5) is 0 Å². The van der Waals surface area contributed by atoms with Crippen LogP contribution in [-0.2, 0) is 6.42 Å². The molecule has 1 aliphatic rings. The Morgan fingerprint density at radius 3 is 2.63 bits per heavy atom. The summed E-state index contributed by atoms with van der Waals surface area (Å²) in [5, 5.41) is 4.54. The van der Waals surface area contributed by atoms with E-state index >= 15 is 0 Å². The van der Waals surface area contributed by atoms with Crippen molar-refractivity contribution in [1.82, 2.24) is 5.32 Å². The predicted molar refractivity (Wildman–Crippen MR) is 83.7 cm³/mol. The molecule has 0 saturated heterocycles. The first-order valence-electron chi connectivity index (χ1n) is 7.67. The molecule has 0 bridgehead atoms. The Bertz CT molecular complexity index is 383. The first-order valence-corrected chi connectivity index (χ1v) is 8.04. The van der Waals surface area contributed by atoms with Crippen molar-refractivity contribution >= 4 is 11.6 Å². The van der Waals surface area contributed by atoms with E-state index in [9.17, 15) is 0 Å². The van der Waals surface area contributed by atoms with Crippen LogP contribution in [0.2, 0.25) is 5.02 Å². The minimum Gasteiger partial charge on any atom is -0.314 e. The molecule has 1 atom stereocenters. The second kappa shape index (κ2) is 7.31. The fourth-order valence-corrected chi connectivity index (χ4v) is 3.49. The summed E-state index contributed by atoms with van der Waals surface area (Å²) in [6, 6.07) is 8.93. The summed E-state index contributed by atoms with van der Waals surface area (Å²) in [5.41, 5.74) is 1.36. The summed E-state index contributed by atoms with van der Waals surface area (Å²) in [6.07, 6.45) is 6.64. The third-order valence-corrected chi connectivity index (χ3v) is 4.68. The van der Waals surface area contributed by atoms with E-state index in [0.29, 0.717) is 6.04 Å². The van der Waals surface area contributed by atoms with Crippen LogP contribution in [0.3, 0.4) is 0 Å². The van der Waals surface area contributed by atoms with Crippen molar-refractivity contribution in [1.29, 1.82) is 0 Å². The normalized spacial score (nSPS) is 25.2. The molecule has 1 aliphatic carbocycles. The maximum absolute atomic E-state index is 6.09. The molecule has 19 heavy (non-hydrogen) atoms. The standard InChI is InChI=1S/C17H26ClN/c1-3-19-17(15-9-7-13(2)8-10-15)12-14-5-4-6-16(18)11-14/h4-6,11,13,15,17,19H,3,7-10,12H2,1-2H3. The number of nitrogens with one attached hydrogen (secondary N) is 1. The lowest BCUT2D eigenvalue weighted by Gasteiger charge is -2.33. The van der Waals surface area contributed by atoms with Gasteiger partial charge in [-0.1, -0.05) is 50.4 Å². The van der Waals surface area contributed by atoms with E-state index in [1.165, 1.54) is 31.2 Å². The van der Waals surface area contributed by atoms with Crippen LogP contribution in [-0.4, -0.2) is 12.6 Å². The average Bonchev–Trinajstić information content (AvgIpc) is 2.39. The van der Waals surface area contributed by atoms with Crippen molar-refractivity contribution in [3.8, 4) is 0 Å². The van der Waals surface area contributed by atoms with E-state index in [1.807, 2.05) is 6.07 Å². The molecule has 2 rings (SSSR count). The summed E-state index contributed by atoms with van der Waals surface area (Å²) < 4.78 is 0. The molecule has 106 valence electrons. The zero-order valence-electron chi connectivity index (χ0n) is 12.2. The Morgan fingerprint density at radius 1 is 1.26 bits per heavy atom. The minimum atomic E-state index is 0.607. The van der Waals surface area contributed by atoms with E-state index in [1.54, 1.807) is 0 Å². The molecule has 0 aromatic heterocycles. The summed E-state index contributed by atoms with van der Waals surface area (Å²) in [6.45, 7) is 5.64. The number of hydrogen-bond acceptors (Lipinski definition) is 1. The van der Waals surface area contributed by atoms with Crippen LogP contribution in [0.5, 0.6) is 0 Å². The SMILES string of the molecule is CCNC(Cc1cccc(Cl)c1)C1CCC(C)CC1. The molecule has 0 spiro atoms. The van der Waals surface area contributed by atoms with E-state index in [-0.39, 0.29) is 0 Å². The van der Waals surface area contributed by atoms with Gasteiger partial charge in [-0.15, -0.1) is 0 Å². The van der Waals surface area contributed by atoms with Gasteiger partial charge in [0.1, 0.15) is 0 Å². The molecule has 1 aromatic carbocycles. The first-order chi connectivity index (χ1) is 9.19. The highest BCUT2D eigenvalue weighted by Crippen LogP contribution is 2.31. The number of halogens is 1. The molecular formula is C17H26ClN. The maximum Gasteiger partial charge on any atom is 0.0408 e. The molecule has 0 amide bonds. The van der Waals surface area contributed by atoms with E-state index in [4.69, 9.17) is 11.6 Å². The lowest BCUT2D eigenvalue weighted by atomic mass is 9.77. The summed E-state index contributed by atoms with van der Waals surface area (Å²) in [5.74, 6) is 1.75. The fourth-order valence-electron chi connectivity index (χ4n) is 3.27. The van der Waals surface area contributed by atoms with Crippen molar-refractivity contribution in [2.75, 3.05) is 6.54 Å². The van der Waals surface area contributed by atoms with Crippen molar-refractivity contribution in [2.45, 2.75) is 52.0 Å². The Balaban J connectivity index is 1.99. The van der Waals surface area contributed by atoms with E-state index in [2.05, 4.69) is 37.4 Å². The highest BCUT2D eigenvalue weighted by atomic mass is 35.5. The lowest BCUT2D eigenvalue weighted by Crippen LogP contribution is -2.39.